The number of aromatic amines is 1. The summed E-state index contributed by atoms with van der Waals surface area (Å²) in [6, 6.07) is 1.93. The highest BCUT2D eigenvalue weighted by atomic mass is 16.5. The first-order valence-electron chi connectivity index (χ1n) is 9.36. The van der Waals surface area contributed by atoms with Gasteiger partial charge in [-0.2, -0.15) is 0 Å². The van der Waals surface area contributed by atoms with Crippen LogP contribution >= 0.6 is 0 Å². The fraction of sp³-hybridized carbons (Fsp3) is 0.556. The third-order valence-electron chi connectivity index (χ3n) is 5.82. The number of cyclic esters (lactones) is 1. The lowest BCUT2D eigenvalue weighted by Crippen LogP contribution is -2.37. The molecule has 1 aliphatic heterocycles. The highest BCUT2D eigenvalue weighted by molar-refractivity contribution is 5.92. The summed E-state index contributed by atoms with van der Waals surface area (Å²) < 4.78 is 6.80. The Labute approximate surface area is 150 Å². The molecule has 0 aromatic carbocycles. The number of nitrogens with zero attached hydrogens (tertiary/aromatic N) is 4. The fourth-order valence-corrected chi connectivity index (χ4v) is 4.32. The Bertz CT molecular complexity index is 940. The molecule has 1 atom stereocenters. The monoisotopic (exact) mass is 354 g/mol. The van der Waals surface area contributed by atoms with Gasteiger partial charge < -0.3 is 15.0 Å². The zero-order chi connectivity index (χ0) is 17.5. The van der Waals surface area contributed by atoms with Gasteiger partial charge >= 0.3 is 5.97 Å². The van der Waals surface area contributed by atoms with E-state index in [1.165, 1.54) is 0 Å². The summed E-state index contributed by atoms with van der Waals surface area (Å²) in [6.45, 7) is 1.44. The highest BCUT2D eigenvalue weighted by Crippen LogP contribution is 2.37. The van der Waals surface area contributed by atoms with Gasteiger partial charge in [0.05, 0.1) is 12.3 Å². The molecule has 3 aromatic rings. The lowest BCUT2D eigenvalue weighted by Gasteiger charge is -2.28. The fourth-order valence-electron chi connectivity index (χ4n) is 4.32. The normalized spacial score (nSPS) is 26.6. The van der Waals surface area contributed by atoms with Crippen molar-refractivity contribution in [1.82, 2.24) is 30.1 Å². The summed E-state index contributed by atoms with van der Waals surface area (Å²) in [4.78, 5) is 19.1. The van der Waals surface area contributed by atoms with Crippen LogP contribution in [0.2, 0.25) is 0 Å². The van der Waals surface area contributed by atoms with Crippen molar-refractivity contribution in [3.63, 3.8) is 0 Å². The maximum atomic E-state index is 11.6. The molecule has 8 heteroatoms. The zero-order valence-electron chi connectivity index (χ0n) is 14.5. The molecule has 136 valence electrons. The van der Waals surface area contributed by atoms with Crippen LogP contribution in [0.5, 0.6) is 0 Å². The van der Waals surface area contributed by atoms with Crippen LogP contribution in [0, 0.1) is 5.92 Å². The van der Waals surface area contributed by atoms with E-state index >= 15 is 0 Å². The first-order valence-corrected chi connectivity index (χ1v) is 9.36. The van der Waals surface area contributed by atoms with E-state index < -0.39 is 0 Å². The Morgan fingerprint density at radius 1 is 1.27 bits per heavy atom. The molecule has 1 saturated heterocycles. The first kappa shape index (κ1) is 15.7. The molecule has 0 radical (unpaired) electrons. The predicted octanol–water partition coefficient (Wildman–Crippen LogP) is 1.78. The molecule has 0 bridgehead atoms. The van der Waals surface area contributed by atoms with Gasteiger partial charge in [-0.25, -0.2) is 9.50 Å². The van der Waals surface area contributed by atoms with Gasteiger partial charge in [0.2, 0.25) is 0 Å². The molecule has 2 aliphatic rings. The highest BCUT2D eigenvalue weighted by Gasteiger charge is 2.30. The number of nitrogens with one attached hydrogen (secondary N) is 2. The van der Waals surface area contributed by atoms with Gasteiger partial charge in [-0.3, -0.25) is 4.79 Å². The van der Waals surface area contributed by atoms with Crippen molar-refractivity contribution in [1.29, 1.82) is 0 Å². The Morgan fingerprint density at radius 2 is 2.15 bits per heavy atom. The molecule has 26 heavy (non-hydrogen) atoms. The van der Waals surface area contributed by atoms with Gasteiger partial charge in [0.15, 0.2) is 0 Å². The number of rotatable bonds is 4. The number of ether oxygens (including phenoxy) is 1. The Hall–Kier alpha value is -2.48. The van der Waals surface area contributed by atoms with Crippen LogP contribution in [-0.2, 0) is 9.53 Å². The van der Waals surface area contributed by atoms with Gasteiger partial charge in [0.25, 0.3) is 0 Å². The van der Waals surface area contributed by atoms with Gasteiger partial charge in [-0.15, -0.1) is 5.10 Å². The second kappa shape index (κ2) is 6.35. The van der Waals surface area contributed by atoms with Crippen LogP contribution in [0.3, 0.4) is 0 Å². The van der Waals surface area contributed by atoms with Gasteiger partial charge in [0.1, 0.15) is 23.5 Å². The molecule has 2 N–H and O–H groups in total. The summed E-state index contributed by atoms with van der Waals surface area (Å²) in [5.74, 6) is 0.939. The molecule has 3 aromatic heterocycles. The number of H-pyrrole nitrogens is 1. The molecule has 4 heterocycles. The van der Waals surface area contributed by atoms with E-state index in [0.29, 0.717) is 18.4 Å². The number of aromatic nitrogens is 5. The Kier molecular flexibility index (Phi) is 3.85. The van der Waals surface area contributed by atoms with Crippen LogP contribution in [0.25, 0.3) is 16.6 Å². The smallest absolute Gasteiger partial charge is 0.323 e. The molecule has 0 spiro atoms. The quantitative estimate of drug-likeness (QED) is 0.693. The second-order valence-corrected chi connectivity index (χ2v) is 7.39. The minimum atomic E-state index is -0.108. The summed E-state index contributed by atoms with van der Waals surface area (Å²) >= 11 is 0. The molecule has 1 saturated carbocycles. The van der Waals surface area contributed by atoms with Crippen LogP contribution in [0.15, 0.2) is 18.6 Å². The molecular formula is C18H22N6O2. The van der Waals surface area contributed by atoms with E-state index in [1.807, 2.05) is 12.3 Å². The topological polar surface area (TPSA) is 97.2 Å². The first-order chi connectivity index (χ1) is 12.8. The number of hydrogen-bond donors (Lipinski definition) is 2. The van der Waals surface area contributed by atoms with Crippen LogP contribution in [-0.4, -0.2) is 50.0 Å². The standard InChI is InChI=1S/C18H22N6O2/c25-18-14(6-8-26-18)20-9-11-1-3-12(4-2-11)15-16-13-5-7-19-17(13)21-10-24(16)23-22-15/h5,7,10-12,14,19-20H,1-4,6,8-9H2. The van der Waals surface area contributed by atoms with Crippen molar-refractivity contribution in [3.05, 3.63) is 24.3 Å². The van der Waals surface area contributed by atoms with E-state index in [4.69, 9.17) is 4.74 Å². The number of fused-ring (bicyclic) bond motifs is 3. The molecule has 1 aliphatic carbocycles. The van der Waals surface area contributed by atoms with Crippen molar-refractivity contribution in [2.24, 2.45) is 5.92 Å². The van der Waals surface area contributed by atoms with E-state index in [1.54, 1.807) is 10.8 Å². The van der Waals surface area contributed by atoms with Gasteiger partial charge in [-0.05, 0) is 44.2 Å². The predicted molar refractivity (Wildman–Crippen MR) is 94.7 cm³/mol. The van der Waals surface area contributed by atoms with Gasteiger partial charge in [-0.1, -0.05) is 5.21 Å². The molecule has 2 fully saturated rings. The van der Waals surface area contributed by atoms with E-state index in [-0.39, 0.29) is 12.0 Å². The van der Waals surface area contributed by atoms with Gasteiger partial charge in [0, 0.05) is 23.9 Å². The number of esters is 1. The van der Waals surface area contributed by atoms with Crippen LogP contribution < -0.4 is 5.32 Å². The zero-order valence-corrected chi connectivity index (χ0v) is 14.5. The molecular weight excluding hydrogens is 332 g/mol. The minimum absolute atomic E-state index is 0.0987. The van der Waals surface area contributed by atoms with E-state index in [2.05, 4.69) is 25.6 Å². The maximum Gasteiger partial charge on any atom is 0.323 e. The van der Waals surface area contributed by atoms with E-state index in [0.717, 1.165) is 60.9 Å². The summed E-state index contributed by atoms with van der Waals surface area (Å²) in [6.07, 6.45) is 8.90. The van der Waals surface area contributed by atoms with Crippen LogP contribution in [0.1, 0.15) is 43.7 Å². The second-order valence-electron chi connectivity index (χ2n) is 7.39. The third kappa shape index (κ3) is 2.65. The molecule has 0 amide bonds. The average Bonchev–Trinajstić information content (AvgIpc) is 3.39. The largest absolute Gasteiger partial charge is 0.464 e. The third-order valence-corrected chi connectivity index (χ3v) is 5.82. The Morgan fingerprint density at radius 3 is 2.96 bits per heavy atom. The number of hydrogen-bond acceptors (Lipinski definition) is 6. The van der Waals surface area contributed by atoms with Crippen molar-refractivity contribution >= 4 is 22.5 Å². The van der Waals surface area contributed by atoms with Crippen LogP contribution in [0.4, 0.5) is 0 Å². The van der Waals surface area contributed by atoms with Crippen molar-refractivity contribution in [3.8, 4) is 0 Å². The maximum absolute atomic E-state index is 11.6. The number of carbonyl (C=O) groups excluding carboxylic acids is 1. The number of carbonyl (C=O) groups is 1. The van der Waals surface area contributed by atoms with Crippen molar-refractivity contribution in [2.75, 3.05) is 13.2 Å². The van der Waals surface area contributed by atoms with E-state index in [9.17, 15) is 4.79 Å². The SMILES string of the molecule is O=C1OCCC1NCC1CCC(c2nnn3cnc4[nH]ccc4c23)CC1. The summed E-state index contributed by atoms with van der Waals surface area (Å²) in [7, 11) is 0. The van der Waals surface area contributed by atoms with Crippen molar-refractivity contribution in [2.45, 2.75) is 44.1 Å². The summed E-state index contributed by atoms with van der Waals surface area (Å²) in [5.41, 5.74) is 3.04. The lowest BCUT2D eigenvalue weighted by molar-refractivity contribution is -0.139. The lowest BCUT2D eigenvalue weighted by atomic mass is 9.80. The molecule has 5 rings (SSSR count). The average molecular weight is 354 g/mol. The minimum Gasteiger partial charge on any atom is -0.464 e. The Balaban J connectivity index is 1.27. The summed E-state index contributed by atoms with van der Waals surface area (Å²) in [5, 5.41) is 13.2. The molecule has 1 unspecified atom stereocenters. The molecule has 8 nitrogen and oxygen atoms in total. The van der Waals surface area contributed by atoms with Crippen molar-refractivity contribution < 1.29 is 9.53 Å².